The highest BCUT2D eigenvalue weighted by Gasteiger charge is 2.04. The normalized spacial score (nSPS) is 12.9. The van der Waals surface area contributed by atoms with Gasteiger partial charge in [0.05, 0.1) is 0 Å². The smallest absolute Gasteiger partial charge is 0.126 e. The van der Waals surface area contributed by atoms with E-state index in [2.05, 4.69) is 6.92 Å². The van der Waals surface area contributed by atoms with Crippen LogP contribution in [0, 0.1) is 5.82 Å². The van der Waals surface area contributed by atoms with Gasteiger partial charge in [0.2, 0.25) is 0 Å². The number of benzene rings is 1. The topological polar surface area (TPSA) is 26.0 Å². The fourth-order valence-electron chi connectivity index (χ4n) is 1.35. The third kappa shape index (κ3) is 2.81. The first-order chi connectivity index (χ1) is 6.13. The van der Waals surface area contributed by atoms with Crippen molar-refractivity contribution in [2.75, 3.05) is 0 Å². The fourth-order valence-corrected chi connectivity index (χ4v) is 1.35. The van der Waals surface area contributed by atoms with Gasteiger partial charge in [0.15, 0.2) is 0 Å². The molecule has 0 amide bonds. The Morgan fingerprint density at radius 2 is 2.15 bits per heavy atom. The first-order valence-corrected chi connectivity index (χ1v) is 4.66. The minimum atomic E-state index is -0.144. The quantitative estimate of drug-likeness (QED) is 0.760. The van der Waals surface area contributed by atoms with Gasteiger partial charge in [-0.3, -0.25) is 0 Å². The van der Waals surface area contributed by atoms with Crippen molar-refractivity contribution in [2.24, 2.45) is 5.73 Å². The van der Waals surface area contributed by atoms with Gasteiger partial charge >= 0.3 is 0 Å². The first kappa shape index (κ1) is 10.2. The van der Waals surface area contributed by atoms with E-state index in [1.165, 1.54) is 6.07 Å². The lowest BCUT2D eigenvalue weighted by Crippen LogP contribution is -2.18. The molecule has 2 N–H and O–H groups in total. The van der Waals surface area contributed by atoms with Gasteiger partial charge in [0.25, 0.3) is 0 Å². The van der Waals surface area contributed by atoms with Gasteiger partial charge in [-0.25, -0.2) is 4.39 Å². The van der Waals surface area contributed by atoms with E-state index in [0.29, 0.717) is 6.42 Å². The van der Waals surface area contributed by atoms with E-state index in [9.17, 15) is 4.39 Å². The molecule has 1 nitrogen and oxygen atoms in total. The van der Waals surface area contributed by atoms with Crippen LogP contribution >= 0.6 is 0 Å². The van der Waals surface area contributed by atoms with Crippen LogP contribution in [-0.4, -0.2) is 6.04 Å². The molecule has 1 aromatic carbocycles. The number of hydrogen-bond donors (Lipinski definition) is 1. The van der Waals surface area contributed by atoms with Gasteiger partial charge in [-0.2, -0.15) is 0 Å². The van der Waals surface area contributed by atoms with Gasteiger partial charge in [0, 0.05) is 6.04 Å². The molecule has 0 saturated heterocycles. The summed E-state index contributed by atoms with van der Waals surface area (Å²) in [5, 5.41) is 0. The summed E-state index contributed by atoms with van der Waals surface area (Å²) in [7, 11) is 0. The van der Waals surface area contributed by atoms with E-state index in [1.807, 2.05) is 19.1 Å². The fraction of sp³-hybridized carbons (Fsp3) is 0.455. The van der Waals surface area contributed by atoms with Crippen molar-refractivity contribution < 1.29 is 4.39 Å². The molecular formula is C11H16FN. The molecule has 1 unspecified atom stereocenters. The van der Waals surface area contributed by atoms with Crippen LogP contribution in [0.15, 0.2) is 18.2 Å². The summed E-state index contributed by atoms with van der Waals surface area (Å²) < 4.78 is 13.2. The summed E-state index contributed by atoms with van der Waals surface area (Å²) in [5.74, 6) is -0.144. The van der Waals surface area contributed by atoms with E-state index in [0.717, 1.165) is 17.5 Å². The summed E-state index contributed by atoms with van der Waals surface area (Å²) in [6.07, 6.45) is 1.55. The van der Waals surface area contributed by atoms with Crippen LogP contribution in [0.2, 0.25) is 0 Å². The van der Waals surface area contributed by atoms with E-state index in [4.69, 9.17) is 5.73 Å². The minimum Gasteiger partial charge on any atom is -0.328 e. The minimum absolute atomic E-state index is 0.0154. The van der Waals surface area contributed by atoms with Gasteiger partial charge in [-0.15, -0.1) is 0 Å². The zero-order valence-electron chi connectivity index (χ0n) is 8.18. The van der Waals surface area contributed by atoms with E-state index in [1.54, 1.807) is 0 Å². The van der Waals surface area contributed by atoms with Crippen molar-refractivity contribution in [3.8, 4) is 0 Å². The first-order valence-electron chi connectivity index (χ1n) is 4.66. The molecule has 0 aromatic heterocycles. The van der Waals surface area contributed by atoms with Gasteiger partial charge in [0.1, 0.15) is 5.82 Å². The SMILES string of the molecule is CCc1ccc(F)c(CC(C)N)c1. The Balaban J connectivity index is 2.90. The number of halogens is 1. The van der Waals surface area contributed by atoms with Crippen LogP contribution in [0.5, 0.6) is 0 Å². The summed E-state index contributed by atoms with van der Waals surface area (Å²) in [6.45, 7) is 3.95. The van der Waals surface area contributed by atoms with Gasteiger partial charge in [-0.1, -0.05) is 19.1 Å². The highest BCUT2D eigenvalue weighted by molar-refractivity contribution is 5.25. The summed E-state index contributed by atoms with van der Waals surface area (Å²) in [4.78, 5) is 0. The van der Waals surface area contributed by atoms with Crippen molar-refractivity contribution in [2.45, 2.75) is 32.7 Å². The maximum absolute atomic E-state index is 13.2. The van der Waals surface area contributed by atoms with E-state index < -0.39 is 0 Å². The molecule has 1 aromatic rings. The maximum Gasteiger partial charge on any atom is 0.126 e. The second-order valence-electron chi connectivity index (χ2n) is 3.46. The molecule has 0 spiro atoms. The van der Waals surface area contributed by atoms with Gasteiger partial charge in [-0.05, 0) is 37.0 Å². The average molecular weight is 181 g/mol. The second kappa shape index (κ2) is 4.38. The molecule has 0 aliphatic carbocycles. The van der Waals surface area contributed by atoms with E-state index >= 15 is 0 Å². The molecule has 2 heteroatoms. The molecule has 0 saturated carbocycles. The molecule has 0 radical (unpaired) electrons. The van der Waals surface area contributed by atoms with Gasteiger partial charge < -0.3 is 5.73 Å². The van der Waals surface area contributed by atoms with E-state index in [-0.39, 0.29) is 11.9 Å². The monoisotopic (exact) mass is 181 g/mol. The standard InChI is InChI=1S/C11H16FN/c1-3-9-4-5-11(12)10(7-9)6-8(2)13/h4-5,7-8H,3,6,13H2,1-2H3. The zero-order chi connectivity index (χ0) is 9.84. The molecule has 0 aliphatic heterocycles. The molecule has 13 heavy (non-hydrogen) atoms. The predicted molar refractivity (Wildman–Crippen MR) is 53.1 cm³/mol. The predicted octanol–water partition coefficient (Wildman–Crippen LogP) is 2.28. The lowest BCUT2D eigenvalue weighted by Gasteiger charge is -2.07. The molecule has 0 aliphatic rings. The highest BCUT2D eigenvalue weighted by Crippen LogP contribution is 2.12. The molecule has 0 bridgehead atoms. The number of nitrogens with two attached hydrogens (primary N) is 1. The molecular weight excluding hydrogens is 165 g/mol. The Hall–Kier alpha value is -0.890. The van der Waals surface area contributed by atoms with Crippen LogP contribution in [0.1, 0.15) is 25.0 Å². The van der Waals surface area contributed by atoms with Crippen molar-refractivity contribution >= 4 is 0 Å². The molecule has 72 valence electrons. The zero-order valence-corrected chi connectivity index (χ0v) is 8.18. The second-order valence-corrected chi connectivity index (χ2v) is 3.46. The van der Waals surface area contributed by atoms with Crippen LogP contribution in [0.25, 0.3) is 0 Å². The maximum atomic E-state index is 13.2. The molecule has 1 rings (SSSR count). The molecule has 1 atom stereocenters. The Morgan fingerprint density at radius 3 is 2.69 bits per heavy atom. The Morgan fingerprint density at radius 1 is 1.46 bits per heavy atom. The number of hydrogen-bond acceptors (Lipinski definition) is 1. The lowest BCUT2D eigenvalue weighted by atomic mass is 10.0. The molecule has 0 heterocycles. The number of aryl methyl sites for hydroxylation is 1. The Kier molecular flexibility index (Phi) is 3.43. The summed E-state index contributed by atoms with van der Waals surface area (Å²) in [5.41, 5.74) is 7.51. The van der Waals surface area contributed by atoms with Crippen molar-refractivity contribution in [1.82, 2.24) is 0 Å². The average Bonchev–Trinajstić information content (AvgIpc) is 2.08. The molecule has 0 fully saturated rings. The lowest BCUT2D eigenvalue weighted by molar-refractivity contribution is 0.595. The Bertz CT molecular complexity index is 281. The summed E-state index contributed by atoms with van der Waals surface area (Å²) >= 11 is 0. The largest absolute Gasteiger partial charge is 0.328 e. The Labute approximate surface area is 78.8 Å². The van der Waals surface area contributed by atoms with Crippen LogP contribution in [-0.2, 0) is 12.8 Å². The van der Waals surface area contributed by atoms with Crippen molar-refractivity contribution in [1.29, 1.82) is 0 Å². The van der Waals surface area contributed by atoms with Crippen LogP contribution in [0.4, 0.5) is 4.39 Å². The highest BCUT2D eigenvalue weighted by atomic mass is 19.1. The number of rotatable bonds is 3. The van der Waals surface area contributed by atoms with Crippen molar-refractivity contribution in [3.63, 3.8) is 0 Å². The third-order valence-electron chi connectivity index (χ3n) is 2.06. The third-order valence-corrected chi connectivity index (χ3v) is 2.06. The van der Waals surface area contributed by atoms with Crippen LogP contribution < -0.4 is 5.73 Å². The van der Waals surface area contributed by atoms with Crippen molar-refractivity contribution in [3.05, 3.63) is 35.1 Å². The van der Waals surface area contributed by atoms with Crippen LogP contribution in [0.3, 0.4) is 0 Å². The summed E-state index contributed by atoms with van der Waals surface area (Å²) in [6, 6.07) is 5.26.